The van der Waals surface area contributed by atoms with E-state index in [0.717, 1.165) is 0 Å². The average molecular weight is 378 g/mol. The number of hydrogen-bond donors (Lipinski definition) is 1. The van der Waals surface area contributed by atoms with Crippen molar-refractivity contribution in [2.75, 3.05) is 18.4 Å². The van der Waals surface area contributed by atoms with Crippen LogP contribution in [0.15, 0.2) is 42.6 Å². The number of nitrogens with one attached hydrogen (secondary N) is 1. The van der Waals surface area contributed by atoms with Crippen molar-refractivity contribution in [3.63, 3.8) is 0 Å². The van der Waals surface area contributed by atoms with Gasteiger partial charge in [-0.3, -0.25) is 9.59 Å². The molecule has 1 aliphatic heterocycles. The third-order valence-electron chi connectivity index (χ3n) is 4.25. The second-order valence-corrected chi connectivity index (χ2v) is 6.66. The first-order valence-corrected chi connectivity index (χ1v) is 8.77. The van der Waals surface area contributed by atoms with Crippen LogP contribution in [0.2, 0.25) is 10.0 Å². The highest BCUT2D eigenvalue weighted by Crippen LogP contribution is 2.28. The van der Waals surface area contributed by atoms with Crippen LogP contribution in [0.4, 0.5) is 5.82 Å². The van der Waals surface area contributed by atoms with Crippen LogP contribution in [0.1, 0.15) is 23.2 Å². The lowest BCUT2D eigenvalue weighted by Gasteiger charge is -2.31. The fourth-order valence-electron chi connectivity index (χ4n) is 2.85. The van der Waals surface area contributed by atoms with Crippen LogP contribution in [0, 0.1) is 5.92 Å². The predicted octanol–water partition coefficient (Wildman–Crippen LogP) is 3.88. The van der Waals surface area contributed by atoms with Gasteiger partial charge in [0.25, 0.3) is 5.91 Å². The van der Waals surface area contributed by atoms with Crippen molar-refractivity contribution < 1.29 is 9.59 Å². The molecule has 0 bridgehead atoms. The standard InChI is InChI=1S/C18H17Cl2N3O2/c19-14-5-3-4-13(16(14)20)18(25)23-10-7-12(8-11-23)17(24)22-15-6-1-2-9-21-15/h1-6,9,12H,7-8,10-11H2,(H,21,22,24). The number of likely N-dealkylation sites (tertiary alicyclic amines) is 1. The van der Waals surface area contributed by atoms with Gasteiger partial charge in [0.2, 0.25) is 5.91 Å². The van der Waals surface area contributed by atoms with Crippen LogP contribution in [0.25, 0.3) is 0 Å². The van der Waals surface area contributed by atoms with E-state index in [1.165, 1.54) is 0 Å². The van der Waals surface area contributed by atoms with Gasteiger partial charge < -0.3 is 10.2 Å². The van der Waals surface area contributed by atoms with E-state index in [1.54, 1.807) is 41.4 Å². The zero-order valence-electron chi connectivity index (χ0n) is 13.4. The zero-order chi connectivity index (χ0) is 17.8. The van der Waals surface area contributed by atoms with Crippen molar-refractivity contribution in [2.45, 2.75) is 12.8 Å². The Bertz CT molecular complexity index is 775. The largest absolute Gasteiger partial charge is 0.339 e. The van der Waals surface area contributed by atoms with Gasteiger partial charge >= 0.3 is 0 Å². The second kappa shape index (κ2) is 7.85. The average Bonchev–Trinajstić information content (AvgIpc) is 2.64. The molecule has 1 aromatic heterocycles. The van der Waals surface area contributed by atoms with Crippen molar-refractivity contribution in [2.24, 2.45) is 5.92 Å². The number of aromatic nitrogens is 1. The summed E-state index contributed by atoms with van der Waals surface area (Å²) in [6.07, 6.45) is 2.83. The number of benzene rings is 1. The molecule has 2 aromatic rings. The number of hydrogen-bond acceptors (Lipinski definition) is 3. The number of halogens is 2. The first-order chi connectivity index (χ1) is 12.1. The van der Waals surface area contributed by atoms with Crippen molar-refractivity contribution in [1.82, 2.24) is 9.88 Å². The fraction of sp³-hybridized carbons (Fsp3) is 0.278. The summed E-state index contributed by atoms with van der Waals surface area (Å²) in [5.41, 5.74) is 0.394. The molecule has 1 aliphatic rings. The summed E-state index contributed by atoms with van der Waals surface area (Å²) in [6, 6.07) is 10.4. The number of amides is 2. The number of carbonyl (C=O) groups is 2. The molecule has 3 rings (SSSR count). The minimum Gasteiger partial charge on any atom is -0.339 e. The summed E-state index contributed by atoms with van der Waals surface area (Å²) in [5.74, 6) is 0.181. The van der Waals surface area contributed by atoms with Crippen LogP contribution in [-0.2, 0) is 4.79 Å². The lowest BCUT2D eigenvalue weighted by Crippen LogP contribution is -2.41. The Morgan fingerprint density at radius 2 is 1.84 bits per heavy atom. The normalized spacial score (nSPS) is 15.0. The minimum atomic E-state index is -0.156. The molecule has 0 aliphatic carbocycles. The van der Waals surface area contributed by atoms with Gasteiger partial charge in [-0.15, -0.1) is 0 Å². The summed E-state index contributed by atoms with van der Waals surface area (Å²) in [7, 11) is 0. The third kappa shape index (κ3) is 4.11. The van der Waals surface area contributed by atoms with Gasteiger partial charge in [0.15, 0.2) is 0 Å². The van der Waals surface area contributed by atoms with E-state index >= 15 is 0 Å². The molecule has 0 atom stereocenters. The molecule has 1 fully saturated rings. The Labute approximate surface area is 155 Å². The highest BCUT2D eigenvalue weighted by molar-refractivity contribution is 6.43. The molecule has 2 amide bonds. The number of pyridine rings is 1. The van der Waals surface area contributed by atoms with E-state index in [0.29, 0.717) is 42.3 Å². The third-order valence-corrected chi connectivity index (χ3v) is 5.07. The van der Waals surface area contributed by atoms with E-state index < -0.39 is 0 Å². The lowest BCUT2D eigenvalue weighted by atomic mass is 9.95. The van der Waals surface area contributed by atoms with Crippen LogP contribution < -0.4 is 5.32 Å². The summed E-state index contributed by atoms with van der Waals surface area (Å²) >= 11 is 12.1. The van der Waals surface area contributed by atoms with Gasteiger partial charge in [0.05, 0.1) is 15.6 Å². The highest BCUT2D eigenvalue weighted by Gasteiger charge is 2.29. The molecule has 7 heteroatoms. The summed E-state index contributed by atoms with van der Waals surface area (Å²) in [4.78, 5) is 30.7. The van der Waals surface area contributed by atoms with E-state index in [4.69, 9.17) is 23.2 Å². The Morgan fingerprint density at radius 3 is 2.52 bits per heavy atom. The van der Waals surface area contributed by atoms with E-state index in [-0.39, 0.29) is 22.8 Å². The summed E-state index contributed by atoms with van der Waals surface area (Å²) < 4.78 is 0. The van der Waals surface area contributed by atoms with Gasteiger partial charge in [-0.05, 0) is 37.1 Å². The zero-order valence-corrected chi connectivity index (χ0v) is 14.9. The number of rotatable bonds is 3. The molecule has 1 saturated heterocycles. The molecule has 2 heterocycles. The Hall–Kier alpha value is -2.11. The van der Waals surface area contributed by atoms with Crippen LogP contribution in [0.5, 0.6) is 0 Å². The van der Waals surface area contributed by atoms with Gasteiger partial charge in [-0.25, -0.2) is 4.98 Å². The van der Waals surface area contributed by atoms with Crippen molar-refractivity contribution in [1.29, 1.82) is 0 Å². The Balaban J connectivity index is 1.59. The predicted molar refractivity (Wildman–Crippen MR) is 98.0 cm³/mol. The van der Waals surface area contributed by atoms with Crippen molar-refractivity contribution >= 4 is 40.8 Å². The lowest BCUT2D eigenvalue weighted by molar-refractivity contribution is -0.121. The molecule has 0 radical (unpaired) electrons. The van der Waals surface area contributed by atoms with E-state index in [9.17, 15) is 9.59 Å². The first kappa shape index (κ1) is 17.7. The molecule has 0 saturated carbocycles. The quantitative estimate of drug-likeness (QED) is 0.882. The van der Waals surface area contributed by atoms with Crippen LogP contribution >= 0.6 is 23.2 Å². The monoisotopic (exact) mass is 377 g/mol. The van der Waals surface area contributed by atoms with Crippen LogP contribution in [0.3, 0.4) is 0 Å². The maximum atomic E-state index is 12.6. The molecule has 0 unspecified atom stereocenters. The number of nitrogens with zero attached hydrogens (tertiary/aromatic N) is 2. The molecule has 25 heavy (non-hydrogen) atoms. The number of carbonyl (C=O) groups excluding carboxylic acids is 2. The Morgan fingerprint density at radius 1 is 1.08 bits per heavy atom. The smallest absolute Gasteiger partial charge is 0.255 e. The van der Waals surface area contributed by atoms with Crippen molar-refractivity contribution in [3.05, 3.63) is 58.2 Å². The van der Waals surface area contributed by atoms with Crippen LogP contribution in [-0.4, -0.2) is 34.8 Å². The minimum absolute atomic E-state index is 0.0633. The molecular formula is C18H17Cl2N3O2. The number of anilines is 1. The SMILES string of the molecule is O=C(Nc1ccccn1)C1CCN(C(=O)c2cccc(Cl)c2Cl)CC1. The molecular weight excluding hydrogens is 361 g/mol. The molecule has 5 nitrogen and oxygen atoms in total. The maximum absolute atomic E-state index is 12.6. The molecule has 1 aromatic carbocycles. The van der Waals surface area contributed by atoms with E-state index in [1.807, 2.05) is 6.07 Å². The maximum Gasteiger partial charge on any atom is 0.255 e. The van der Waals surface area contributed by atoms with E-state index in [2.05, 4.69) is 10.3 Å². The van der Waals surface area contributed by atoms with Gasteiger partial charge in [0.1, 0.15) is 5.82 Å². The van der Waals surface area contributed by atoms with Gasteiger partial charge in [0, 0.05) is 25.2 Å². The molecule has 130 valence electrons. The molecule has 0 spiro atoms. The fourth-order valence-corrected chi connectivity index (χ4v) is 3.23. The Kier molecular flexibility index (Phi) is 5.56. The topological polar surface area (TPSA) is 62.3 Å². The summed E-state index contributed by atoms with van der Waals surface area (Å²) in [5, 5.41) is 3.44. The highest BCUT2D eigenvalue weighted by atomic mass is 35.5. The van der Waals surface area contributed by atoms with Gasteiger partial charge in [-0.1, -0.05) is 35.3 Å². The first-order valence-electron chi connectivity index (χ1n) is 8.01. The second-order valence-electron chi connectivity index (χ2n) is 5.87. The van der Waals surface area contributed by atoms with Crippen molar-refractivity contribution in [3.8, 4) is 0 Å². The summed E-state index contributed by atoms with van der Waals surface area (Å²) in [6.45, 7) is 1.00. The number of piperidine rings is 1. The molecule has 1 N–H and O–H groups in total. The van der Waals surface area contributed by atoms with Gasteiger partial charge in [-0.2, -0.15) is 0 Å².